The first-order chi connectivity index (χ1) is 30.1. The minimum absolute atomic E-state index is 0.0403. The van der Waals surface area contributed by atoms with Crippen molar-refractivity contribution in [2.24, 2.45) is 5.92 Å². The smallest absolute Gasteiger partial charge is 0.408 e. The molecule has 322 valence electrons. The van der Waals surface area contributed by atoms with Crippen molar-refractivity contribution in [2.75, 3.05) is 51.1 Å². The first-order valence-corrected chi connectivity index (χ1v) is 21.4. The number of pyridine rings is 1. The number of aromatic nitrogens is 4. The van der Waals surface area contributed by atoms with Gasteiger partial charge >= 0.3 is 5.76 Å². The van der Waals surface area contributed by atoms with Gasteiger partial charge in [-0.25, -0.2) is 19.2 Å². The summed E-state index contributed by atoms with van der Waals surface area (Å²) in [5.41, 5.74) is 3.01. The van der Waals surface area contributed by atoms with Crippen LogP contribution in [0.3, 0.4) is 0 Å². The zero-order chi connectivity index (χ0) is 42.9. The van der Waals surface area contributed by atoms with Gasteiger partial charge in [-0.15, -0.1) is 0 Å². The topological polar surface area (TPSA) is 185 Å². The molecular weight excluding hydrogens is 798 g/mol. The van der Waals surface area contributed by atoms with Gasteiger partial charge in [0.05, 0.1) is 18.3 Å². The molecule has 0 bridgehead atoms. The SMILES string of the molecule is O=C1CCC(n2c(=O)oc3cc(C4CCN(CC5CCN(C(=O)CN6CCC(Nc7ncc(F)c(-c8cccc(-n9ccccc9=O)c8)n7)CC6=O)CC5)CC4)ccc32)C(=O)N1. The average Bonchev–Trinajstić information content (AvgIpc) is 3.60. The number of imide groups is 1. The minimum atomic E-state index is -0.771. The van der Waals surface area contributed by atoms with Crippen molar-refractivity contribution in [2.45, 2.75) is 69.4 Å². The van der Waals surface area contributed by atoms with Crippen molar-refractivity contribution in [3.63, 3.8) is 0 Å². The van der Waals surface area contributed by atoms with Gasteiger partial charge < -0.3 is 24.4 Å². The number of likely N-dealkylation sites (tertiary alicyclic amines) is 3. The highest BCUT2D eigenvalue weighted by molar-refractivity contribution is 6.00. The van der Waals surface area contributed by atoms with Gasteiger partial charge in [-0.2, -0.15) is 0 Å². The number of piperidine rings is 4. The summed E-state index contributed by atoms with van der Waals surface area (Å²) in [6.45, 7) is 4.60. The number of carbonyl (C=O) groups excluding carboxylic acids is 4. The van der Waals surface area contributed by atoms with E-state index in [1.807, 2.05) is 23.1 Å². The Balaban J connectivity index is 0.716. The molecule has 5 aromatic rings. The van der Waals surface area contributed by atoms with E-state index in [1.54, 1.807) is 47.5 Å². The Bertz CT molecular complexity index is 2640. The molecule has 3 aromatic heterocycles. The van der Waals surface area contributed by atoms with E-state index in [2.05, 4.69) is 25.5 Å². The number of hydrogen-bond acceptors (Lipinski definition) is 11. The van der Waals surface area contributed by atoms with Crippen molar-refractivity contribution >= 4 is 40.7 Å². The summed E-state index contributed by atoms with van der Waals surface area (Å²) in [4.78, 5) is 90.4. The van der Waals surface area contributed by atoms with Crippen LogP contribution in [0, 0.1) is 11.7 Å². The van der Waals surface area contributed by atoms with Crippen LogP contribution in [-0.2, 0) is 19.2 Å². The van der Waals surface area contributed by atoms with Crippen LogP contribution in [0.1, 0.15) is 68.9 Å². The van der Waals surface area contributed by atoms with E-state index in [0.717, 1.165) is 57.1 Å². The van der Waals surface area contributed by atoms with E-state index in [4.69, 9.17) is 4.42 Å². The molecular formula is C45H48FN9O7. The maximum absolute atomic E-state index is 15.0. The molecule has 17 heteroatoms. The second-order valence-corrected chi connectivity index (χ2v) is 16.8. The number of nitrogens with zero attached hydrogens (tertiary/aromatic N) is 7. The summed E-state index contributed by atoms with van der Waals surface area (Å²) in [7, 11) is 0. The molecule has 2 N–H and O–H groups in total. The summed E-state index contributed by atoms with van der Waals surface area (Å²) in [5.74, 6) is -1.25. The summed E-state index contributed by atoms with van der Waals surface area (Å²) in [6, 6.07) is 16.4. The van der Waals surface area contributed by atoms with E-state index in [-0.39, 0.29) is 66.8 Å². The predicted octanol–water partition coefficient (Wildman–Crippen LogP) is 3.84. The Morgan fingerprint density at radius 1 is 0.887 bits per heavy atom. The predicted molar refractivity (Wildman–Crippen MR) is 226 cm³/mol. The molecule has 0 radical (unpaired) electrons. The largest absolute Gasteiger partial charge is 0.420 e. The van der Waals surface area contributed by atoms with Crippen molar-refractivity contribution in [3.05, 3.63) is 105 Å². The number of oxazole rings is 1. The molecule has 4 fully saturated rings. The lowest BCUT2D eigenvalue weighted by atomic mass is 9.88. The minimum Gasteiger partial charge on any atom is -0.408 e. The number of nitrogens with one attached hydrogen (secondary N) is 2. The molecule has 4 aliphatic heterocycles. The average molecular weight is 846 g/mol. The Kier molecular flexibility index (Phi) is 11.5. The number of amides is 4. The van der Waals surface area contributed by atoms with Gasteiger partial charge in [-0.1, -0.05) is 24.3 Å². The first kappa shape index (κ1) is 40.9. The molecule has 2 unspecified atom stereocenters. The van der Waals surface area contributed by atoms with Crippen molar-refractivity contribution in [1.29, 1.82) is 0 Å². The normalized spacial score (nSPS) is 20.8. The van der Waals surface area contributed by atoms with Crippen molar-refractivity contribution < 1.29 is 28.0 Å². The fourth-order valence-corrected chi connectivity index (χ4v) is 9.41. The Labute approximate surface area is 355 Å². The highest BCUT2D eigenvalue weighted by Crippen LogP contribution is 2.33. The molecule has 2 aromatic carbocycles. The van der Waals surface area contributed by atoms with Gasteiger partial charge in [-0.3, -0.25) is 38.4 Å². The number of rotatable bonds is 10. The van der Waals surface area contributed by atoms with Crippen LogP contribution >= 0.6 is 0 Å². The monoisotopic (exact) mass is 845 g/mol. The van der Waals surface area contributed by atoms with E-state index in [9.17, 15) is 33.2 Å². The number of carbonyl (C=O) groups is 4. The summed E-state index contributed by atoms with van der Waals surface area (Å²) in [6.07, 6.45) is 7.62. The molecule has 16 nitrogen and oxygen atoms in total. The van der Waals surface area contributed by atoms with Crippen molar-refractivity contribution in [3.8, 4) is 16.9 Å². The fraction of sp³-hybridized carbons (Fsp3) is 0.422. The van der Waals surface area contributed by atoms with Crippen LogP contribution in [0.15, 0.2) is 87.1 Å². The van der Waals surface area contributed by atoms with E-state index in [1.165, 1.54) is 15.2 Å². The second kappa shape index (κ2) is 17.5. The summed E-state index contributed by atoms with van der Waals surface area (Å²) >= 11 is 0. The van der Waals surface area contributed by atoms with E-state index in [0.29, 0.717) is 60.2 Å². The fourth-order valence-electron chi connectivity index (χ4n) is 9.41. The number of halogens is 1. The number of hydrogen-bond donors (Lipinski definition) is 2. The lowest BCUT2D eigenvalue weighted by Crippen LogP contribution is -2.50. The molecule has 0 spiro atoms. The lowest BCUT2D eigenvalue weighted by Gasteiger charge is -2.38. The Hall–Kier alpha value is -6.49. The van der Waals surface area contributed by atoms with Crippen molar-refractivity contribution in [1.82, 2.24) is 39.1 Å². The van der Waals surface area contributed by atoms with Gasteiger partial charge in [-0.05, 0) is 99.3 Å². The molecule has 0 aliphatic carbocycles. The van der Waals surface area contributed by atoms with Crippen LogP contribution in [0.2, 0.25) is 0 Å². The van der Waals surface area contributed by atoms with E-state index < -0.39 is 23.5 Å². The third-order valence-electron chi connectivity index (χ3n) is 12.8. The number of benzene rings is 2. The quantitative estimate of drug-likeness (QED) is 0.195. The van der Waals surface area contributed by atoms with Crippen LogP contribution in [-0.4, -0.2) is 109 Å². The Morgan fingerprint density at radius 3 is 2.48 bits per heavy atom. The summed E-state index contributed by atoms with van der Waals surface area (Å²) in [5, 5.41) is 5.50. The van der Waals surface area contributed by atoms with Crippen LogP contribution in [0.4, 0.5) is 10.3 Å². The van der Waals surface area contributed by atoms with Gasteiger partial charge in [0.15, 0.2) is 11.4 Å². The summed E-state index contributed by atoms with van der Waals surface area (Å²) < 4.78 is 23.4. The van der Waals surface area contributed by atoms with E-state index >= 15 is 0 Å². The van der Waals surface area contributed by atoms with Gasteiger partial charge in [0, 0.05) is 68.6 Å². The molecule has 4 amide bonds. The third-order valence-corrected chi connectivity index (χ3v) is 12.8. The highest BCUT2D eigenvalue weighted by atomic mass is 19.1. The zero-order valence-corrected chi connectivity index (χ0v) is 34.2. The molecule has 9 rings (SSSR count). The highest BCUT2D eigenvalue weighted by Gasteiger charge is 2.33. The lowest BCUT2D eigenvalue weighted by molar-refractivity contribution is -0.142. The second-order valence-electron chi connectivity index (χ2n) is 16.8. The molecule has 2 atom stereocenters. The first-order valence-electron chi connectivity index (χ1n) is 21.4. The van der Waals surface area contributed by atoms with Gasteiger partial charge in [0.25, 0.3) is 5.56 Å². The zero-order valence-electron chi connectivity index (χ0n) is 34.2. The molecule has 4 aliphatic rings. The Morgan fingerprint density at radius 2 is 1.71 bits per heavy atom. The standard InChI is InChI=1S/C45H48FN9O7/c46-34-25-47-44(50-42(34)31-4-3-5-33(22-31)54-16-2-1-6-39(54)57)48-32-15-21-53(40(58)24-32)27-41(59)52-19-11-28(12-20-52)26-51-17-13-29(14-18-51)30-7-8-35-37(23-30)62-45(61)55(35)36-9-10-38(56)49-43(36)60/h1-8,16,22-23,25,28-29,32,36H,9-15,17-21,24,26-27H2,(H,47,48,50)(H,49,56,60). The van der Waals surface area contributed by atoms with Gasteiger partial charge in [0.1, 0.15) is 11.7 Å². The van der Waals surface area contributed by atoms with Crippen LogP contribution in [0.5, 0.6) is 0 Å². The molecule has 62 heavy (non-hydrogen) atoms. The maximum atomic E-state index is 15.0. The number of anilines is 1. The van der Waals surface area contributed by atoms with Crippen LogP contribution in [0.25, 0.3) is 28.0 Å². The van der Waals surface area contributed by atoms with Crippen LogP contribution < -0.4 is 21.9 Å². The number of fused-ring (bicyclic) bond motifs is 1. The molecule has 4 saturated heterocycles. The van der Waals surface area contributed by atoms with Gasteiger partial charge in [0.2, 0.25) is 29.6 Å². The third kappa shape index (κ3) is 8.66. The molecule has 0 saturated carbocycles. The molecule has 7 heterocycles. The maximum Gasteiger partial charge on any atom is 0.420 e.